The number of carbonyl (C=O) groups is 2. The number of nitrogens with zero attached hydrogens (tertiary/aromatic N) is 1. The molecule has 148 valence electrons. The molecule has 0 aliphatic carbocycles. The summed E-state index contributed by atoms with van der Waals surface area (Å²) in [5, 5.41) is 2.77. The van der Waals surface area contributed by atoms with Crippen LogP contribution in [0.3, 0.4) is 0 Å². The number of hydrogen-bond acceptors (Lipinski definition) is 5. The van der Waals surface area contributed by atoms with E-state index in [-0.39, 0.29) is 24.6 Å². The quantitative estimate of drug-likeness (QED) is 0.766. The number of hydrogen-bond donors (Lipinski definition) is 1. The van der Waals surface area contributed by atoms with Gasteiger partial charge in [-0.3, -0.25) is 9.59 Å². The number of ether oxygens (including phenoxy) is 1. The van der Waals surface area contributed by atoms with Crippen molar-refractivity contribution in [3.63, 3.8) is 0 Å². The molecule has 1 aliphatic heterocycles. The van der Waals surface area contributed by atoms with E-state index in [1.807, 2.05) is 12.1 Å². The first-order chi connectivity index (χ1) is 13.3. The molecule has 1 atom stereocenters. The first-order valence-electron chi connectivity index (χ1n) is 8.80. The Labute approximate surface area is 164 Å². The summed E-state index contributed by atoms with van der Waals surface area (Å²) in [4.78, 5) is 27.3. The molecule has 3 rings (SSSR count). The summed E-state index contributed by atoms with van der Waals surface area (Å²) in [6, 6.07) is 13.1. The van der Waals surface area contributed by atoms with Gasteiger partial charge in [-0.1, -0.05) is 30.3 Å². The van der Waals surface area contributed by atoms with Crippen LogP contribution in [0.4, 0.5) is 5.69 Å². The number of nitrogens with one attached hydrogen (secondary N) is 1. The third kappa shape index (κ3) is 4.33. The molecule has 0 bridgehead atoms. The van der Waals surface area contributed by atoms with Crippen LogP contribution in [0.25, 0.3) is 0 Å². The van der Waals surface area contributed by atoms with E-state index >= 15 is 0 Å². The fourth-order valence-electron chi connectivity index (χ4n) is 3.25. The van der Waals surface area contributed by atoms with E-state index in [9.17, 15) is 18.0 Å². The average molecular weight is 402 g/mol. The molecule has 1 heterocycles. The number of fused-ring (bicyclic) bond motifs is 1. The number of carbonyl (C=O) groups excluding carboxylic acids is 2. The van der Waals surface area contributed by atoms with Gasteiger partial charge in [0.15, 0.2) is 0 Å². The minimum absolute atomic E-state index is 0.0134. The molecule has 0 saturated carbocycles. The van der Waals surface area contributed by atoms with Crippen molar-refractivity contribution in [2.75, 3.05) is 24.4 Å². The van der Waals surface area contributed by atoms with Gasteiger partial charge in [0.2, 0.25) is 5.91 Å². The van der Waals surface area contributed by atoms with Crippen molar-refractivity contribution in [2.24, 2.45) is 0 Å². The smallest absolute Gasteiger partial charge is 0.255 e. The average Bonchev–Trinajstić information content (AvgIpc) is 2.98. The highest BCUT2D eigenvalue weighted by Crippen LogP contribution is 2.28. The van der Waals surface area contributed by atoms with Crippen molar-refractivity contribution in [2.45, 2.75) is 19.0 Å². The number of sulfone groups is 1. The third-order valence-electron chi connectivity index (χ3n) is 4.66. The Balaban J connectivity index is 1.87. The molecule has 1 N–H and O–H groups in total. The van der Waals surface area contributed by atoms with E-state index in [0.717, 1.165) is 11.8 Å². The fourth-order valence-corrected chi connectivity index (χ4v) is 3.90. The molecule has 2 aromatic carbocycles. The number of rotatable bonds is 7. The topological polar surface area (TPSA) is 92.8 Å². The number of benzene rings is 2. The molecular formula is C20H22N2O5S. The van der Waals surface area contributed by atoms with Crippen LogP contribution < -0.4 is 10.1 Å². The largest absolute Gasteiger partial charge is 0.495 e. The lowest BCUT2D eigenvalue weighted by Crippen LogP contribution is -2.45. The van der Waals surface area contributed by atoms with Gasteiger partial charge in [-0.25, -0.2) is 8.42 Å². The highest BCUT2D eigenvalue weighted by Gasteiger charge is 2.36. The molecule has 0 spiro atoms. The van der Waals surface area contributed by atoms with Gasteiger partial charge in [0, 0.05) is 18.4 Å². The van der Waals surface area contributed by atoms with E-state index in [4.69, 9.17) is 4.74 Å². The number of amides is 2. The van der Waals surface area contributed by atoms with Gasteiger partial charge in [0.05, 0.1) is 18.6 Å². The van der Waals surface area contributed by atoms with Gasteiger partial charge < -0.3 is 15.0 Å². The van der Waals surface area contributed by atoms with Gasteiger partial charge >= 0.3 is 0 Å². The summed E-state index contributed by atoms with van der Waals surface area (Å²) in [5.74, 6) is -0.440. The van der Waals surface area contributed by atoms with Crippen LogP contribution in [0.5, 0.6) is 5.75 Å². The van der Waals surface area contributed by atoms with E-state index in [2.05, 4.69) is 5.32 Å². The summed E-state index contributed by atoms with van der Waals surface area (Å²) < 4.78 is 28.6. The van der Waals surface area contributed by atoms with Crippen molar-refractivity contribution < 1.29 is 22.7 Å². The Bertz CT molecular complexity index is 1000. The Kier molecular flexibility index (Phi) is 5.69. The van der Waals surface area contributed by atoms with Gasteiger partial charge in [-0.05, 0) is 30.2 Å². The van der Waals surface area contributed by atoms with E-state index in [1.165, 1.54) is 12.0 Å². The lowest BCUT2D eigenvalue weighted by molar-refractivity contribution is -0.120. The molecule has 2 aromatic rings. The number of anilines is 1. The summed E-state index contributed by atoms with van der Waals surface area (Å²) in [6.07, 6.45) is 1.13. The van der Waals surface area contributed by atoms with Crippen molar-refractivity contribution in [3.8, 4) is 5.75 Å². The minimum Gasteiger partial charge on any atom is -0.495 e. The zero-order chi connectivity index (χ0) is 20.3. The molecule has 28 heavy (non-hydrogen) atoms. The van der Waals surface area contributed by atoms with E-state index < -0.39 is 21.8 Å². The zero-order valence-electron chi connectivity index (χ0n) is 15.7. The predicted octanol–water partition coefficient (Wildman–Crippen LogP) is 2.09. The standard InChI is InChI=1S/C20H22N2O5S/c1-27-18-10-6-5-9-16(18)21-19(23)17(11-12-28(2,25)26)22-13-14-7-3-4-8-15(14)20(22)24/h3-10,17H,11-13H2,1-2H3,(H,21,23)/t17-/m0/s1. The van der Waals surface area contributed by atoms with Crippen molar-refractivity contribution in [1.82, 2.24) is 4.90 Å². The second kappa shape index (κ2) is 8.02. The van der Waals surface area contributed by atoms with Crippen molar-refractivity contribution in [3.05, 3.63) is 59.7 Å². The highest BCUT2D eigenvalue weighted by molar-refractivity contribution is 7.90. The van der Waals surface area contributed by atoms with Crippen LogP contribution in [0.1, 0.15) is 22.3 Å². The molecule has 7 nitrogen and oxygen atoms in total. The highest BCUT2D eigenvalue weighted by atomic mass is 32.2. The molecule has 2 amide bonds. The molecular weight excluding hydrogens is 380 g/mol. The van der Waals surface area contributed by atoms with E-state index in [0.29, 0.717) is 17.0 Å². The van der Waals surface area contributed by atoms with Crippen LogP contribution in [-0.2, 0) is 21.2 Å². The summed E-state index contributed by atoms with van der Waals surface area (Å²) in [6.45, 7) is 0.267. The molecule has 8 heteroatoms. The molecule has 0 fully saturated rings. The Morgan fingerprint density at radius 2 is 1.86 bits per heavy atom. The predicted molar refractivity (Wildman–Crippen MR) is 106 cm³/mol. The molecule has 0 saturated heterocycles. The second-order valence-electron chi connectivity index (χ2n) is 6.71. The summed E-state index contributed by atoms with van der Waals surface area (Å²) in [7, 11) is -1.80. The summed E-state index contributed by atoms with van der Waals surface area (Å²) in [5.41, 5.74) is 1.82. The number of methoxy groups -OCH3 is 1. The maximum absolute atomic E-state index is 13.0. The van der Waals surface area contributed by atoms with E-state index in [1.54, 1.807) is 36.4 Å². The molecule has 0 unspecified atom stereocenters. The first kappa shape index (κ1) is 19.9. The Morgan fingerprint density at radius 3 is 2.54 bits per heavy atom. The number of para-hydroxylation sites is 2. The zero-order valence-corrected chi connectivity index (χ0v) is 16.5. The van der Waals surface area contributed by atoms with Gasteiger partial charge in [-0.15, -0.1) is 0 Å². The maximum atomic E-state index is 13.0. The van der Waals surface area contributed by atoms with Crippen LogP contribution >= 0.6 is 0 Å². The lowest BCUT2D eigenvalue weighted by Gasteiger charge is -2.27. The van der Waals surface area contributed by atoms with Crippen molar-refractivity contribution >= 4 is 27.3 Å². The van der Waals surface area contributed by atoms with Gasteiger partial charge in [0.1, 0.15) is 21.6 Å². The normalized spacial score (nSPS) is 14.5. The Morgan fingerprint density at radius 1 is 1.18 bits per heavy atom. The van der Waals surface area contributed by atoms with Crippen molar-refractivity contribution in [1.29, 1.82) is 0 Å². The maximum Gasteiger partial charge on any atom is 0.255 e. The van der Waals surface area contributed by atoms with Crippen LogP contribution in [0, 0.1) is 0 Å². The minimum atomic E-state index is -3.30. The third-order valence-corrected chi connectivity index (χ3v) is 5.63. The van der Waals surface area contributed by atoms with Gasteiger partial charge in [0.25, 0.3) is 5.91 Å². The van der Waals surface area contributed by atoms with Crippen LogP contribution in [0.15, 0.2) is 48.5 Å². The summed E-state index contributed by atoms with van der Waals surface area (Å²) >= 11 is 0. The Hall–Kier alpha value is -2.87. The molecule has 1 aliphatic rings. The SMILES string of the molecule is COc1ccccc1NC(=O)[C@H](CCS(C)(=O)=O)N1Cc2ccccc2C1=O. The van der Waals surface area contributed by atoms with Gasteiger partial charge in [-0.2, -0.15) is 0 Å². The monoisotopic (exact) mass is 402 g/mol. The fraction of sp³-hybridized carbons (Fsp3) is 0.300. The lowest BCUT2D eigenvalue weighted by atomic mass is 10.1. The van der Waals surface area contributed by atoms with Crippen LogP contribution in [-0.4, -0.2) is 50.3 Å². The molecule has 0 radical (unpaired) electrons. The molecule has 0 aromatic heterocycles. The van der Waals surface area contributed by atoms with Crippen LogP contribution in [0.2, 0.25) is 0 Å². The first-order valence-corrected chi connectivity index (χ1v) is 10.9. The second-order valence-corrected chi connectivity index (χ2v) is 8.97.